The molecule has 0 bridgehead atoms. The van der Waals surface area contributed by atoms with E-state index < -0.39 is 22.0 Å². The maximum atomic E-state index is 12.1. The van der Waals surface area contributed by atoms with E-state index in [9.17, 15) is 8.42 Å². The average molecular weight is 343 g/mol. The summed E-state index contributed by atoms with van der Waals surface area (Å²) in [6, 6.07) is 5.02. The number of ether oxygens (including phenoxy) is 2. The minimum atomic E-state index is -3.79. The fourth-order valence-corrected chi connectivity index (χ4v) is 3.14. The van der Waals surface area contributed by atoms with E-state index in [1.54, 1.807) is 25.1 Å². The van der Waals surface area contributed by atoms with E-state index in [-0.39, 0.29) is 11.9 Å². The lowest BCUT2D eigenvalue weighted by Crippen LogP contribution is -2.36. The Hall–Kier alpha value is -1.31. The summed E-state index contributed by atoms with van der Waals surface area (Å²) in [6.45, 7) is 9.99. The molecule has 1 aliphatic rings. The van der Waals surface area contributed by atoms with Gasteiger partial charge in [0.05, 0.1) is 11.5 Å². The normalized spacial score (nSPS) is 19.7. The zero-order chi connectivity index (χ0) is 17.4. The van der Waals surface area contributed by atoms with E-state index in [2.05, 4.69) is 0 Å². The van der Waals surface area contributed by atoms with E-state index >= 15 is 0 Å². The lowest BCUT2D eigenvalue weighted by atomic mass is 9.85. The van der Waals surface area contributed by atoms with Crippen molar-refractivity contribution in [1.82, 2.24) is 4.31 Å². The molecule has 1 atom stereocenters. The molecule has 0 aliphatic carbocycles. The molecule has 0 amide bonds. The highest BCUT2D eigenvalue weighted by atomic mass is 32.2. The quantitative estimate of drug-likeness (QED) is 0.794. The minimum Gasteiger partial charge on any atom is -0.464 e. The maximum absolute atomic E-state index is 12.1. The molecule has 2 rings (SSSR count). The molecule has 6 nitrogen and oxygen atoms in total. The molecule has 7 heteroatoms. The van der Waals surface area contributed by atoms with Crippen LogP contribution >= 0.6 is 0 Å². The zero-order valence-corrected chi connectivity index (χ0v) is 15.3. The van der Waals surface area contributed by atoms with Gasteiger partial charge in [-0.25, -0.2) is 0 Å². The van der Waals surface area contributed by atoms with Crippen molar-refractivity contribution in [3.8, 4) is 11.5 Å². The number of hydrogen-bond donors (Lipinski definition) is 0. The second kappa shape index (κ2) is 6.30. The summed E-state index contributed by atoms with van der Waals surface area (Å²) in [5.41, 5.74) is 0.467. The number of fused-ring (bicyclic) bond motifs is 1. The molecule has 23 heavy (non-hydrogen) atoms. The van der Waals surface area contributed by atoms with Crippen LogP contribution < -0.4 is 8.92 Å². The van der Waals surface area contributed by atoms with Gasteiger partial charge in [-0.05, 0) is 45.9 Å². The molecule has 0 radical (unpaired) electrons. The van der Waals surface area contributed by atoms with Gasteiger partial charge < -0.3 is 13.7 Å². The second-order valence-electron chi connectivity index (χ2n) is 6.47. The smallest absolute Gasteiger partial charge is 0.384 e. The number of nitrogens with zero attached hydrogens (tertiary/aromatic N) is 1. The van der Waals surface area contributed by atoms with Crippen molar-refractivity contribution in [3.05, 3.63) is 23.8 Å². The van der Waals surface area contributed by atoms with Gasteiger partial charge >= 0.3 is 10.3 Å². The van der Waals surface area contributed by atoms with Crippen LogP contribution in [-0.2, 0) is 20.5 Å². The third-order valence-corrected chi connectivity index (χ3v) is 5.32. The van der Waals surface area contributed by atoms with Gasteiger partial charge in [0.1, 0.15) is 11.5 Å². The van der Waals surface area contributed by atoms with Crippen LogP contribution in [0.15, 0.2) is 18.2 Å². The predicted octanol–water partition coefficient (Wildman–Crippen LogP) is 2.68. The van der Waals surface area contributed by atoms with Crippen LogP contribution in [0.2, 0.25) is 0 Å². The second-order valence-corrected chi connectivity index (χ2v) is 8.11. The summed E-state index contributed by atoms with van der Waals surface area (Å²) in [5.74, 6) is 0.958. The summed E-state index contributed by atoms with van der Waals surface area (Å²) < 4.78 is 42.1. The van der Waals surface area contributed by atoms with E-state index in [1.807, 2.05) is 27.7 Å². The Bertz CT molecular complexity index is 669. The molecule has 0 spiro atoms. The topological polar surface area (TPSA) is 65.1 Å². The molecule has 1 unspecified atom stereocenters. The lowest BCUT2D eigenvalue weighted by molar-refractivity contribution is -0.128. The molecule has 1 heterocycles. The molecule has 130 valence electrons. The van der Waals surface area contributed by atoms with Crippen LogP contribution in [0.25, 0.3) is 0 Å². The number of benzene rings is 1. The van der Waals surface area contributed by atoms with Crippen molar-refractivity contribution >= 4 is 10.3 Å². The van der Waals surface area contributed by atoms with Crippen molar-refractivity contribution in [1.29, 1.82) is 0 Å². The molecule has 0 N–H and O–H groups in total. The summed E-state index contributed by atoms with van der Waals surface area (Å²) in [4.78, 5) is 0. The summed E-state index contributed by atoms with van der Waals surface area (Å²) >= 11 is 0. The van der Waals surface area contributed by atoms with Gasteiger partial charge in [-0.3, -0.25) is 0 Å². The van der Waals surface area contributed by atoms with Gasteiger partial charge in [0.25, 0.3) is 0 Å². The first kappa shape index (κ1) is 18.0. The van der Waals surface area contributed by atoms with Crippen molar-refractivity contribution in [3.63, 3.8) is 0 Å². The Morgan fingerprint density at radius 1 is 1.35 bits per heavy atom. The molecule has 1 aromatic rings. The van der Waals surface area contributed by atoms with Crippen molar-refractivity contribution in [2.24, 2.45) is 0 Å². The van der Waals surface area contributed by atoms with Crippen LogP contribution in [-0.4, -0.2) is 38.7 Å². The van der Waals surface area contributed by atoms with E-state index in [0.717, 1.165) is 9.87 Å². The molecule has 0 fully saturated rings. The first-order chi connectivity index (χ1) is 10.6. The highest BCUT2D eigenvalue weighted by Crippen LogP contribution is 2.45. The highest BCUT2D eigenvalue weighted by Gasteiger charge is 2.43. The number of hydrogen-bond acceptors (Lipinski definition) is 5. The van der Waals surface area contributed by atoms with Crippen LogP contribution in [0.4, 0.5) is 0 Å². The lowest BCUT2D eigenvalue weighted by Gasteiger charge is -2.27. The third-order valence-electron chi connectivity index (χ3n) is 3.89. The minimum absolute atomic E-state index is 0.0305. The van der Waals surface area contributed by atoms with Crippen LogP contribution in [0.1, 0.15) is 40.2 Å². The molecule has 1 aliphatic heterocycles. The van der Waals surface area contributed by atoms with E-state index in [0.29, 0.717) is 12.3 Å². The predicted molar refractivity (Wildman–Crippen MR) is 88.0 cm³/mol. The van der Waals surface area contributed by atoms with E-state index in [4.69, 9.17) is 13.7 Å². The molecule has 0 saturated heterocycles. The monoisotopic (exact) mass is 343 g/mol. The van der Waals surface area contributed by atoms with Crippen LogP contribution in [0, 0.1) is 0 Å². The first-order valence-electron chi connectivity index (χ1n) is 7.70. The van der Waals surface area contributed by atoms with Gasteiger partial charge in [-0.2, -0.15) is 12.7 Å². The fourth-order valence-electron chi connectivity index (χ4n) is 2.35. The zero-order valence-electron chi connectivity index (χ0n) is 14.5. The van der Waals surface area contributed by atoms with Gasteiger partial charge in [-0.1, -0.05) is 6.92 Å². The molecular formula is C16H25NO5S. The van der Waals surface area contributed by atoms with Crippen LogP contribution in [0.3, 0.4) is 0 Å². The Kier molecular flexibility index (Phi) is 4.94. The van der Waals surface area contributed by atoms with Crippen molar-refractivity contribution in [2.75, 3.05) is 13.6 Å². The molecule has 0 aromatic heterocycles. The SMILES string of the molecule is CCN(C)S(=O)(=O)Oc1ccc2c(c1)C(C)(C)C(OC(C)C)O2. The Morgan fingerprint density at radius 3 is 2.57 bits per heavy atom. The third kappa shape index (κ3) is 3.62. The largest absolute Gasteiger partial charge is 0.464 e. The van der Waals surface area contributed by atoms with E-state index in [1.165, 1.54) is 7.05 Å². The van der Waals surface area contributed by atoms with Gasteiger partial charge in [0.2, 0.25) is 6.29 Å². The van der Waals surface area contributed by atoms with Gasteiger partial charge in [0, 0.05) is 19.2 Å². The number of rotatable bonds is 6. The van der Waals surface area contributed by atoms with Gasteiger partial charge in [0.15, 0.2) is 0 Å². The Morgan fingerprint density at radius 2 is 2.00 bits per heavy atom. The van der Waals surface area contributed by atoms with Gasteiger partial charge in [-0.15, -0.1) is 0 Å². The Labute approximate surface area is 138 Å². The van der Waals surface area contributed by atoms with Crippen LogP contribution in [0.5, 0.6) is 11.5 Å². The standard InChI is InChI=1S/C16H25NO5S/c1-7-17(6)23(18,19)22-12-8-9-14-13(10-12)16(4,5)15(21-14)20-11(2)3/h8-11,15H,7H2,1-6H3. The summed E-state index contributed by atoms with van der Waals surface area (Å²) in [5, 5.41) is 0. The highest BCUT2D eigenvalue weighted by molar-refractivity contribution is 7.84. The van der Waals surface area contributed by atoms with Crippen molar-refractivity contribution < 1.29 is 22.1 Å². The maximum Gasteiger partial charge on any atom is 0.384 e. The van der Waals surface area contributed by atoms with Crippen molar-refractivity contribution in [2.45, 2.75) is 52.4 Å². The molecule has 0 saturated carbocycles. The fraction of sp³-hybridized carbons (Fsp3) is 0.625. The molecular weight excluding hydrogens is 318 g/mol. The molecule has 1 aromatic carbocycles. The first-order valence-corrected chi connectivity index (χ1v) is 9.07. The summed E-state index contributed by atoms with van der Waals surface area (Å²) in [7, 11) is -2.31. The average Bonchev–Trinajstić information content (AvgIpc) is 2.68. The summed E-state index contributed by atoms with van der Waals surface area (Å²) in [6.07, 6.45) is -0.384. The Balaban J connectivity index is 2.29.